The summed E-state index contributed by atoms with van der Waals surface area (Å²) in [4.78, 5) is -0.0455. The molecule has 1 aliphatic rings. The van der Waals surface area contributed by atoms with E-state index in [0.717, 1.165) is 4.41 Å². The van der Waals surface area contributed by atoms with E-state index in [9.17, 15) is 21.2 Å². The number of hydrazone groups is 1. The van der Waals surface area contributed by atoms with Crippen molar-refractivity contribution in [2.75, 3.05) is 10.5 Å². The lowest BCUT2D eigenvalue weighted by Crippen LogP contribution is -2.27. The van der Waals surface area contributed by atoms with Crippen molar-refractivity contribution in [2.45, 2.75) is 24.3 Å². The van der Waals surface area contributed by atoms with Crippen LogP contribution in [-0.2, 0) is 20.0 Å². The van der Waals surface area contributed by atoms with Gasteiger partial charge in [-0.05, 0) is 60.5 Å². The number of hydrogen-bond acceptors (Lipinski definition) is 5. The molecular weight excluding hydrogens is 501 g/mol. The maximum Gasteiger partial charge on any atom is 0.279 e. The lowest BCUT2D eigenvalue weighted by Gasteiger charge is -2.23. The number of rotatable bonds is 7. The zero-order valence-electron chi connectivity index (χ0n) is 18.0. The first-order valence-electron chi connectivity index (χ1n) is 10.3. The molecule has 1 heterocycles. The SMILES string of the molecule is CCS(=O)(=O)Nc1cccc(C2=NN(S(=O)(=O)c3cccc(Cl)c3)[C@@H](c3cccc(F)c3)C2)c1. The molecule has 1 aliphatic heterocycles. The highest BCUT2D eigenvalue weighted by molar-refractivity contribution is 7.92. The summed E-state index contributed by atoms with van der Waals surface area (Å²) in [5.41, 5.74) is 1.73. The van der Waals surface area contributed by atoms with E-state index in [1.807, 2.05) is 0 Å². The number of benzene rings is 3. The Bertz CT molecular complexity index is 1480. The molecule has 0 amide bonds. The molecule has 1 N–H and O–H groups in total. The van der Waals surface area contributed by atoms with Gasteiger partial charge in [0.1, 0.15) is 5.82 Å². The van der Waals surface area contributed by atoms with Gasteiger partial charge in [-0.25, -0.2) is 12.8 Å². The zero-order chi connectivity index (χ0) is 24.5. The summed E-state index contributed by atoms with van der Waals surface area (Å²) in [5, 5.41) is 4.65. The Morgan fingerprint density at radius 3 is 2.47 bits per heavy atom. The molecule has 1 atom stereocenters. The molecule has 4 rings (SSSR count). The molecule has 0 unspecified atom stereocenters. The standard InChI is InChI=1S/C23H21ClFN3O4S2/c1-2-33(29,30)27-20-10-4-6-16(13-20)22-15-23(17-7-3-9-19(25)12-17)28(26-22)34(31,32)21-11-5-8-18(24)14-21/h3-14,23,27H,2,15H2,1H3/t23-/m1/s1. The van der Waals surface area contributed by atoms with Gasteiger partial charge >= 0.3 is 0 Å². The molecule has 0 aromatic heterocycles. The van der Waals surface area contributed by atoms with Gasteiger partial charge < -0.3 is 0 Å². The van der Waals surface area contributed by atoms with E-state index in [1.165, 1.54) is 43.3 Å². The largest absolute Gasteiger partial charge is 0.284 e. The minimum Gasteiger partial charge on any atom is -0.284 e. The third-order valence-electron chi connectivity index (χ3n) is 5.30. The second-order valence-electron chi connectivity index (χ2n) is 7.64. The summed E-state index contributed by atoms with van der Waals surface area (Å²) >= 11 is 6.01. The van der Waals surface area contributed by atoms with Crippen molar-refractivity contribution in [2.24, 2.45) is 5.10 Å². The van der Waals surface area contributed by atoms with Gasteiger partial charge in [0, 0.05) is 17.1 Å². The van der Waals surface area contributed by atoms with E-state index < -0.39 is 31.9 Å². The number of sulfonamides is 2. The predicted octanol–water partition coefficient (Wildman–Crippen LogP) is 4.78. The Morgan fingerprint density at radius 2 is 1.76 bits per heavy atom. The van der Waals surface area contributed by atoms with Crippen molar-refractivity contribution >= 4 is 43.0 Å². The fourth-order valence-corrected chi connectivity index (χ4v) is 5.96. The highest BCUT2D eigenvalue weighted by atomic mass is 35.5. The first-order chi connectivity index (χ1) is 16.1. The Hall–Kier alpha value is -2.95. The molecule has 0 radical (unpaired) electrons. The van der Waals surface area contributed by atoms with Crippen LogP contribution in [0.15, 0.2) is 82.8 Å². The topological polar surface area (TPSA) is 95.9 Å². The van der Waals surface area contributed by atoms with E-state index >= 15 is 0 Å². The van der Waals surface area contributed by atoms with Gasteiger partial charge in [0.15, 0.2) is 0 Å². The number of nitrogens with zero attached hydrogens (tertiary/aromatic N) is 2. The molecule has 34 heavy (non-hydrogen) atoms. The number of anilines is 1. The van der Waals surface area contributed by atoms with Crippen LogP contribution in [0.25, 0.3) is 0 Å². The quantitative estimate of drug-likeness (QED) is 0.484. The van der Waals surface area contributed by atoms with Crippen LogP contribution in [0.4, 0.5) is 10.1 Å². The fraction of sp³-hybridized carbons (Fsp3) is 0.174. The average molecular weight is 522 g/mol. The van der Waals surface area contributed by atoms with Crippen LogP contribution < -0.4 is 4.72 Å². The van der Waals surface area contributed by atoms with Crippen molar-refractivity contribution in [1.29, 1.82) is 0 Å². The van der Waals surface area contributed by atoms with Crippen molar-refractivity contribution in [1.82, 2.24) is 4.41 Å². The van der Waals surface area contributed by atoms with Gasteiger partial charge in [0.25, 0.3) is 10.0 Å². The summed E-state index contributed by atoms with van der Waals surface area (Å²) < 4.78 is 68.4. The van der Waals surface area contributed by atoms with Crippen molar-refractivity contribution < 1.29 is 21.2 Å². The maximum atomic E-state index is 14.0. The summed E-state index contributed by atoms with van der Waals surface area (Å²) in [6, 6.07) is 17.3. The Balaban J connectivity index is 1.78. The molecule has 0 spiro atoms. The number of hydrogen-bond donors (Lipinski definition) is 1. The average Bonchev–Trinajstić information content (AvgIpc) is 3.26. The highest BCUT2D eigenvalue weighted by Gasteiger charge is 2.38. The monoisotopic (exact) mass is 521 g/mol. The van der Waals surface area contributed by atoms with Crippen LogP contribution in [0.5, 0.6) is 0 Å². The van der Waals surface area contributed by atoms with Crippen LogP contribution >= 0.6 is 11.6 Å². The Kier molecular flexibility index (Phi) is 6.66. The molecule has 0 fully saturated rings. The van der Waals surface area contributed by atoms with Crippen LogP contribution in [0, 0.1) is 5.82 Å². The van der Waals surface area contributed by atoms with E-state index in [1.54, 1.807) is 36.4 Å². The van der Waals surface area contributed by atoms with Crippen molar-refractivity contribution in [3.8, 4) is 0 Å². The molecule has 0 aliphatic carbocycles. The van der Waals surface area contributed by atoms with E-state index in [0.29, 0.717) is 22.5 Å². The van der Waals surface area contributed by atoms with Crippen molar-refractivity contribution in [3.05, 3.63) is 94.8 Å². The molecule has 3 aromatic carbocycles. The number of nitrogens with one attached hydrogen (secondary N) is 1. The Labute approximate surface area is 203 Å². The van der Waals surface area contributed by atoms with Gasteiger partial charge in [-0.1, -0.05) is 41.9 Å². The lowest BCUT2D eigenvalue weighted by molar-refractivity contribution is 0.370. The second-order valence-corrected chi connectivity index (χ2v) is 11.9. The van der Waals surface area contributed by atoms with Crippen LogP contribution in [-0.4, -0.2) is 32.7 Å². The third-order valence-corrected chi connectivity index (χ3v) is 8.52. The molecule has 7 nitrogen and oxygen atoms in total. The van der Waals surface area contributed by atoms with E-state index in [-0.39, 0.29) is 22.1 Å². The van der Waals surface area contributed by atoms with Gasteiger partial charge in [-0.15, -0.1) is 0 Å². The lowest BCUT2D eigenvalue weighted by atomic mass is 9.99. The second kappa shape index (κ2) is 9.36. The van der Waals surface area contributed by atoms with E-state index in [4.69, 9.17) is 11.6 Å². The summed E-state index contributed by atoms with van der Waals surface area (Å²) in [7, 11) is -7.62. The first kappa shape index (κ1) is 24.2. The molecule has 0 saturated carbocycles. The summed E-state index contributed by atoms with van der Waals surface area (Å²) in [6.45, 7) is 1.52. The van der Waals surface area contributed by atoms with Crippen LogP contribution in [0.1, 0.15) is 30.5 Å². The van der Waals surface area contributed by atoms with Crippen molar-refractivity contribution in [3.63, 3.8) is 0 Å². The first-order valence-corrected chi connectivity index (χ1v) is 13.8. The normalized spacial score (nSPS) is 16.4. The van der Waals surface area contributed by atoms with Crippen LogP contribution in [0.2, 0.25) is 5.02 Å². The minimum atomic E-state index is -4.13. The fourth-order valence-electron chi connectivity index (χ4n) is 3.60. The van der Waals surface area contributed by atoms with Gasteiger partial charge in [0.2, 0.25) is 10.0 Å². The molecule has 178 valence electrons. The Morgan fingerprint density at radius 1 is 1.03 bits per heavy atom. The molecule has 0 saturated heterocycles. The third kappa shape index (κ3) is 5.08. The summed E-state index contributed by atoms with van der Waals surface area (Å²) in [6.07, 6.45) is 0.160. The predicted molar refractivity (Wildman–Crippen MR) is 130 cm³/mol. The molecule has 3 aromatic rings. The number of halogens is 2. The minimum absolute atomic E-state index is 0.0455. The highest BCUT2D eigenvalue weighted by Crippen LogP contribution is 2.38. The van der Waals surface area contributed by atoms with Gasteiger partial charge in [0.05, 0.1) is 22.4 Å². The summed E-state index contributed by atoms with van der Waals surface area (Å²) in [5.74, 6) is -0.590. The molecular formula is C23H21ClFN3O4S2. The maximum absolute atomic E-state index is 14.0. The smallest absolute Gasteiger partial charge is 0.279 e. The molecule has 0 bridgehead atoms. The molecule has 11 heteroatoms. The van der Waals surface area contributed by atoms with E-state index in [2.05, 4.69) is 9.82 Å². The van der Waals surface area contributed by atoms with Gasteiger partial charge in [-0.3, -0.25) is 4.72 Å². The van der Waals surface area contributed by atoms with Crippen LogP contribution in [0.3, 0.4) is 0 Å². The van der Waals surface area contributed by atoms with Gasteiger partial charge in [-0.2, -0.15) is 17.9 Å². The zero-order valence-corrected chi connectivity index (χ0v) is 20.4.